The number of carboxylic acids is 1. The molecule has 75 heavy (non-hydrogen) atoms. The lowest BCUT2D eigenvalue weighted by molar-refractivity contribution is -0.155. The van der Waals surface area contributed by atoms with Crippen molar-refractivity contribution in [2.75, 3.05) is 49.1 Å². The molecule has 2 aliphatic carbocycles. The number of aliphatic carboxylic acids is 1. The molecule has 4 aromatic rings. The van der Waals surface area contributed by atoms with Crippen molar-refractivity contribution in [3.63, 3.8) is 0 Å². The Balaban J connectivity index is 0.000000228. The summed E-state index contributed by atoms with van der Waals surface area (Å²) in [5.74, 6) is -0.0181. The van der Waals surface area contributed by atoms with Gasteiger partial charge in [-0.2, -0.15) is 0 Å². The SMILES string of the molecule is CC(C)(C)OC(=O)CCN(CC(=O)N1CCc2cc(OCc3ccc(C4CCCC4)cc3F)ccc21)C(=O)OC(C)(C)C.O=C(O)CCNCC(=O)N1CCc2cc(OCc3ccc(C4CCCC4)cc3F)ccc21. The van der Waals surface area contributed by atoms with Crippen LogP contribution in [0.2, 0.25) is 0 Å². The average molecular weight is 1040 g/mol. The van der Waals surface area contributed by atoms with Crippen molar-refractivity contribution in [1.82, 2.24) is 10.2 Å². The number of esters is 1. The average Bonchev–Trinajstić information content (AvgIpc) is 4.21. The van der Waals surface area contributed by atoms with Gasteiger partial charge in [-0.25, -0.2) is 13.6 Å². The lowest BCUT2D eigenvalue weighted by Gasteiger charge is -2.29. The number of rotatable bonds is 18. The quantitative estimate of drug-likeness (QED) is 0.0720. The number of hydrogen-bond donors (Lipinski definition) is 2. The van der Waals surface area contributed by atoms with E-state index >= 15 is 0 Å². The van der Waals surface area contributed by atoms with Crippen LogP contribution in [0.5, 0.6) is 11.5 Å². The molecule has 3 amide bonds. The summed E-state index contributed by atoms with van der Waals surface area (Å²) < 4.78 is 52.0. The van der Waals surface area contributed by atoms with Crippen molar-refractivity contribution >= 4 is 41.2 Å². The van der Waals surface area contributed by atoms with Crippen molar-refractivity contribution in [2.45, 2.75) is 155 Å². The molecule has 4 aliphatic rings. The molecule has 2 N–H and O–H groups in total. The third-order valence-corrected chi connectivity index (χ3v) is 13.9. The van der Waals surface area contributed by atoms with Crippen LogP contribution in [-0.4, -0.2) is 90.3 Å². The van der Waals surface area contributed by atoms with Gasteiger partial charge in [-0.1, -0.05) is 49.9 Å². The van der Waals surface area contributed by atoms with Gasteiger partial charge < -0.3 is 39.2 Å². The van der Waals surface area contributed by atoms with E-state index in [-0.39, 0.29) is 75.7 Å². The molecule has 0 unspecified atom stereocenters. The van der Waals surface area contributed by atoms with Gasteiger partial charge in [0.05, 0.1) is 19.4 Å². The monoisotopic (exact) mass is 1040 g/mol. The number of halogens is 2. The van der Waals surface area contributed by atoms with E-state index in [1.165, 1.54) is 30.6 Å². The van der Waals surface area contributed by atoms with Crippen molar-refractivity contribution < 1.29 is 56.8 Å². The van der Waals surface area contributed by atoms with Crippen LogP contribution >= 0.6 is 0 Å². The first kappa shape index (κ1) is 56.2. The maximum absolute atomic E-state index is 14.8. The summed E-state index contributed by atoms with van der Waals surface area (Å²) >= 11 is 0. The van der Waals surface area contributed by atoms with E-state index in [2.05, 4.69) is 5.32 Å². The fourth-order valence-corrected chi connectivity index (χ4v) is 10.1. The van der Waals surface area contributed by atoms with Gasteiger partial charge in [-0.15, -0.1) is 0 Å². The number of amides is 3. The fraction of sp³-hybridized carbons (Fsp3) is 0.508. The number of carbonyl (C=O) groups excluding carboxylic acids is 4. The Morgan fingerprint density at radius 1 is 0.640 bits per heavy atom. The van der Waals surface area contributed by atoms with Crippen LogP contribution in [-0.2, 0) is 54.7 Å². The summed E-state index contributed by atoms with van der Waals surface area (Å²) in [5, 5.41) is 11.5. The Labute approximate surface area is 440 Å². The summed E-state index contributed by atoms with van der Waals surface area (Å²) in [5.41, 5.74) is 5.30. The Bertz CT molecular complexity index is 2670. The van der Waals surface area contributed by atoms with Gasteiger partial charge in [0.25, 0.3) is 0 Å². The second kappa shape index (κ2) is 25.3. The van der Waals surface area contributed by atoms with E-state index < -0.39 is 29.2 Å². The molecule has 2 fully saturated rings. The standard InChI is InChI=1S/C34H45FN2O6.C25H29FN2O4/c1-33(2,3)42-31(39)16-17-36(32(40)43-34(4,5)6)21-30(38)37-18-15-25-19-27(13-14-29(25)37)41-22-26-12-11-24(20-28(26)35)23-9-7-8-10-23;26-22-14-18(17-3-1-2-4-17)5-6-20(22)16-32-21-7-8-23-19(13-21)10-12-28(23)24(29)15-27-11-9-25(30)31/h11-14,19-20,23H,7-10,15-18,21-22H2,1-6H3;5-8,13-14,17,27H,1-4,9-12,15-16H2,(H,30,31). The molecule has 14 nitrogen and oxygen atoms in total. The molecule has 0 spiro atoms. The zero-order valence-electron chi connectivity index (χ0n) is 44.4. The van der Waals surface area contributed by atoms with E-state index in [0.29, 0.717) is 54.0 Å². The minimum Gasteiger partial charge on any atom is -0.489 e. The summed E-state index contributed by atoms with van der Waals surface area (Å²) in [6, 6.07) is 22.0. The van der Waals surface area contributed by atoms with Gasteiger partial charge >= 0.3 is 18.0 Å². The molecule has 0 bridgehead atoms. The highest BCUT2D eigenvalue weighted by Crippen LogP contribution is 2.37. The predicted octanol–water partition coefficient (Wildman–Crippen LogP) is 10.9. The largest absolute Gasteiger partial charge is 0.489 e. The van der Waals surface area contributed by atoms with Crippen LogP contribution in [0, 0.1) is 11.6 Å². The molecule has 404 valence electrons. The van der Waals surface area contributed by atoms with Crippen LogP contribution in [0.4, 0.5) is 25.0 Å². The zero-order valence-corrected chi connectivity index (χ0v) is 44.4. The fourth-order valence-electron chi connectivity index (χ4n) is 10.1. The summed E-state index contributed by atoms with van der Waals surface area (Å²) in [6.07, 6.45) is 9.96. The van der Waals surface area contributed by atoms with E-state index in [1.54, 1.807) is 75.6 Å². The maximum Gasteiger partial charge on any atom is 0.410 e. The summed E-state index contributed by atoms with van der Waals surface area (Å²) in [4.78, 5) is 66.2. The number of carboxylic acid groups (broad SMARTS) is 1. The van der Waals surface area contributed by atoms with Crippen LogP contribution in [0.1, 0.15) is 151 Å². The number of ether oxygens (including phenoxy) is 4. The first-order valence-corrected chi connectivity index (χ1v) is 26.5. The number of nitrogens with one attached hydrogen (secondary N) is 1. The number of nitrogens with zero attached hydrogens (tertiary/aromatic N) is 3. The summed E-state index contributed by atoms with van der Waals surface area (Å²) in [6.45, 7) is 11.9. The number of carbonyl (C=O) groups is 5. The Kier molecular flexibility index (Phi) is 19.0. The molecule has 0 radical (unpaired) electrons. The van der Waals surface area contributed by atoms with E-state index in [9.17, 15) is 32.8 Å². The van der Waals surface area contributed by atoms with Crippen LogP contribution in [0.25, 0.3) is 0 Å². The van der Waals surface area contributed by atoms with Gasteiger partial charge in [-0.05, 0) is 163 Å². The molecule has 0 aromatic heterocycles. The van der Waals surface area contributed by atoms with E-state index in [0.717, 1.165) is 65.7 Å². The van der Waals surface area contributed by atoms with Gasteiger partial charge in [0.1, 0.15) is 54.1 Å². The highest BCUT2D eigenvalue weighted by Gasteiger charge is 2.31. The Hall–Kier alpha value is -6.55. The van der Waals surface area contributed by atoms with E-state index in [1.807, 2.05) is 48.5 Å². The Morgan fingerprint density at radius 3 is 1.57 bits per heavy atom. The van der Waals surface area contributed by atoms with Crippen molar-refractivity contribution in [3.05, 3.63) is 118 Å². The molecule has 8 rings (SSSR count). The second-order valence-corrected chi connectivity index (χ2v) is 22.0. The van der Waals surface area contributed by atoms with Gasteiger partial charge in [0.2, 0.25) is 11.8 Å². The second-order valence-electron chi connectivity index (χ2n) is 22.0. The topological polar surface area (TPSA) is 164 Å². The predicted molar refractivity (Wildman–Crippen MR) is 282 cm³/mol. The molecule has 2 aliphatic heterocycles. The van der Waals surface area contributed by atoms with E-state index in [4.69, 9.17) is 24.1 Å². The molecular weight excluding hydrogens is 963 g/mol. The lowest BCUT2D eigenvalue weighted by atomic mass is 9.96. The summed E-state index contributed by atoms with van der Waals surface area (Å²) in [7, 11) is 0. The van der Waals surface area contributed by atoms with Crippen LogP contribution in [0.15, 0.2) is 72.8 Å². The third kappa shape index (κ3) is 16.2. The molecule has 4 aromatic carbocycles. The number of anilines is 2. The number of fused-ring (bicyclic) bond motifs is 2. The van der Waals surface area contributed by atoms with Crippen molar-refractivity contribution in [3.8, 4) is 11.5 Å². The molecule has 16 heteroatoms. The van der Waals surface area contributed by atoms with Gasteiger partial charge in [0.15, 0.2) is 0 Å². The van der Waals surface area contributed by atoms with Crippen molar-refractivity contribution in [1.29, 1.82) is 0 Å². The van der Waals surface area contributed by atoms with Crippen LogP contribution < -0.4 is 24.6 Å². The first-order valence-electron chi connectivity index (χ1n) is 26.5. The normalized spacial score (nSPS) is 15.5. The minimum atomic E-state index is -0.895. The zero-order chi connectivity index (χ0) is 53.9. The molecule has 2 heterocycles. The molecule has 0 atom stereocenters. The smallest absolute Gasteiger partial charge is 0.410 e. The minimum absolute atomic E-state index is 0.0127. The Morgan fingerprint density at radius 2 is 1.12 bits per heavy atom. The lowest BCUT2D eigenvalue weighted by Crippen LogP contribution is -2.45. The highest BCUT2D eigenvalue weighted by atomic mass is 19.1. The molecule has 0 saturated heterocycles. The maximum atomic E-state index is 14.8. The third-order valence-electron chi connectivity index (χ3n) is 13.9. The molecule has 2 saturated carbocycles. The van der Waals surface area contributed by atoms with Gasteiger partial charge in [-0.3, -0.25) is 24.1 Å². The van der Waals surface area contributed by atoms with Gasteiger partial charge in [0, 0.05) is 48.7 Å². The first-order chi connectivity index (χ1) is 35.7. The number of hydrogen-bond acceptors (Lipinski definition) is 10. The van der Waals surface area contributed by atoms with Crippen LogP contribution in [0.3, 0.4) is 0 Å². The van der Waals surface area contributed by atoms with Crippen molar-refractivity contribution in [2.24, 2.45) is 0 Å². The molecular formula is C59H74F2N4O10. The number of benzene rings is 4. The highest BCUT2D eigenvalue weighted by molar-refractivity contribution is 5.98.